The predicted octanol–water partition coefficient (Wildman–Crippen LogP) is 2.64. The van der Waals surface area contributed by atoms with Gasteiger partial charge in [0.1, 0.15) is 12.1 Å². The molecule has 1 unspecified atom stereocenters. The van der Waals surface area contributed by atoms with Crippen LogP contribution in [-0.4, -0.2) is 57.4 Å². The molecule has 3 atom stereocenters. The molecule has 1 aliphatic heterocycles. The Morgan fingerprint density at radius 1 is 1.28 bits per heavy atom. The summed E-state index contributed by atoms with van der Waals surface area (Å²) in [5, 5.41) is 16.0. The molecule has 0 aliphatic carbocycles. The minimum atomic E-state index is -0.855. The molecule has 1 fully saturated rings. The minimum absolute atomic E-state index is 0.0343. The number of nitrogens with zero attached hydrogens (tertiary/aromatic N) is 2. The zero-order valence-electron chi connectivity index (χ0n) is 21.2. The Kier molecular flexibility index (Phi) is 8.88. The second-order valence-electron chi connectivity index (χ2n) is 10.1. The first kappa shape index (κ1) is 27.4. The van der Waals surface area contributed by atoms with E-state index in [1.54, 1.807) is 11.3 Å². The van der Waals surface area contributed by atoms with Gasteiger partial charge in [0, 0.05) is 32.4 Å². The molecule has 0 saturated carbocycles. The van der Waals surface area contributed by atoms with Gasteiger partial charge in [-0.2, -0.15) is 0 Å². The molecule has 1 saturated heterocycles. The highest BCUT2D eigenvalue weighted by Crippen LogP contribution is 2.28. The number of β-amino-alcohol motifs (C(OH)–C–C–N with tert-alkyl or cyclic N) is 1. The second-order valence-corrected chi connectivity index (χ2v) is 11.0. The fraction of sp³-hybridized carbons (Fsp3) is 0.481. The summed E-state index contributed by atoms with van der Waals surface area (Å²) in [4.78, 5) is 45.7. The first-order chi connectivity index (χ1) is 17.0. The average molecular weight is 511 g/mol. The highest BCUT2D eigenvalue weighted by Gasteiger charge is 2.44. The molecular formula is C27H34N4O4S. The maximum Gasteiger partial charge on any atom is 0.246 e. The van der Waals surface area contributed by atoms with E-state index >= 15 is 0 Å². The van der Waals surface area contributed by atoms with E-state index in [0.717, 1.165) is 21.7 Å². The zero-order chi connectivity index (χ0) is 26.5. The van der Waals surface area contributed by atoms with Gasteiger partial charge in [-0.1, -0.05) is 45.0 Å². The van der Waals surface area contributed by atoms with Gasteiger partial charge < -0.3 is 20.6 Å². The van der Waals surface area contributed by atoms with Gasteiger partial charge in [0.2, 0.25) is 17.7 Å². The van der Waals surface area contributed by atoms with Crippen molar-refractivity contribution in [1.29, 1.82) is 0 Å². The Morgan fingerprint density at radius 3 is 2.56 bits per heavy atom. The van der Waals surface area contributed by atoms with Crippen LogP contribution in [0.4, 0.5) is 0 Å². The fourth-order valence-corrected chi connectivity index (χ4v) is 5.01. The number of carbonyl (C=O) groups is 3. The van der Waals surface area contributed by atoms with E-state index in [4.69, 9.17) is 6.42 Å². The van der Waals surface area contributed by atoms with Crippen molar-refractivity contribution < 1.29 is 19.5 Å². The van der Waals surface area contributed by atoms with Gasteiger partial charge in [-0.05, 0) is 23.5 Å². The van der Waals surface area contributed by atoms with Crippen molar-refractivity contribution >= 4 is 29.1 Å². The van der Waals surface area contributed by atoms with Crippen molar-refractivity contribution in [2.75, 3.05) is 6.54 Å². The second kappa shape index (κ2) is 11.7. The van der Waals surface area contributed by atoms with Gasteiger partial charge in [-0.3, -0.25) is 14.4 Å². The lowest BCUT2D eigenvalue weighted by Crippen LogP contribution is -2.57. The van der Waals surface area contributed by atoms with Crippen LogP contribution in [0.5, 0.6) is 0 Å². The first-order valence-corrected chi connectivity index (χ1v) is 12.9. The van der Waals surface area contributed by atoms with Crippen LogP contribution in [-0.2, 0) is 20.9 Å². The van der Waals surface area contributed by atoms with Crippen LogP contribution in [0.2, 0.25) is 0 Å². The molecule has 2 aromatic rings. The summed E-state index contributed by atoms with van der Waals surface area (Å²) in [5.41, 5.74) is 4.17. The standard InChI is InChI=1S/C27H34N4O4S/c1-6-7-8-22(33)30-24(27(3,4)5)26(35)31-15-20(32)13-21(31)25(34)28-14-18-9-11-19(12-10-18)23-17(2)29-16-36-23/h1,9-12,16,20-21,24,32H,7-8,13-15H2,2-5H3,(H,28,34)(H,30,33)/t20-,21+,24?/m1/s1. The number of aryl methyl sites for hydroxylation is 1. The normalized spacial score (nSPS) is 18.4. The summed E-state index contributed by atoms with van der Waals surface area (Å²) >= 11 is 1.58. The first-order valence-electron chi connectivity index (χ1n) is 12.0. The Morgan fingerprint density at radius 2 is 1.97 bits per heavy atom. The van der Waals surface area contributed by atoms with Crippen LogP contribution >= 0.6 is 11.3 Å². The Hall–Kier alpha value is -3.22. The molecule has 0 bridgehead atoms. The lowest BCUT2D eigenvalue weighted by Gasteiger charge is -2.35. The highest BCUT2D eigenvalue weighted by molar-refractivity contribution is 7.13. The molecule has 1 aromatic carbocycles. The molecule has 192 valence electrons. The topological polar surface area (TPSA) is 112 Å². The third-order valence-corrected chi connectivity index (χ3v) is 7.19. The van der Waals surface area contributed by atoms with Gasteiger partial charge in [-0.15, -0.1) is 23.7 Å². The number of aromatic nitrogens is 1. The van der Waals surface area contributed by atoms with Crippen molar-refractivity contribution in [3.8, 4) is 22.8 Å². The number of thiazole rings is 1. The fourth-order valence-electron chi connectivity index (χ4n) is 4.20. The molecule has 36 heavy (non-hydrogen) atoms. The number of nitrogens with one attached hydrogen (secondary N) is 2. The number of terminal acetylenes is 1. The van der Waals surface area contributed by atoms with E-state index in [-0.39, 0.29) is 37.6 Å². The lowest BCUT2D eigenvalue weighted by molar-refractivity contribution is -0.144. The number of benzene rings is 1. The van der Waals surface area contributed by atoms with Crippen molar-refractivity contribution in [2.24, 2.45) is 5.41 Å². The summed E-state index contributed by atoms with van der Waals surface area (Å²) in [7, 11) is 0. The van der Waals surface area contributed by atoms with Crippen LogP contribution < -0.4 is 10.6 Å². The Balaban J connectivity index is 1.67. The molecule has 2 heterocycles. The zero-order valence-corrected chi connectivity index (χ0v) is 22.0. The molecule has 1 aromatic heterocycles. The van der Waals surface area contributed by atoms with Crippen molar-refractivity contribution in [1.82, 2.24) is 20.5 Å². The van der Waals surface area contributed by atoms with Gasteiger partial charge in [0.15, 0.2) is 0 Å². The van der Waals surface area contributed by atoms with Gasteiger partial charge in [0.05, 0.1) is 22.2 Å². The maximum atomic E-state index is 13.5. The van der Waals surface area contributed by atoms with E-state index in [9.17, 15) is 19.5 Å². The summed E-state index contributed by atoms with van der Waals surface area (Å²) in [6, 6.07) is 6.21. The van der Waals surface area contributed by atoms with Crippen LogP contribution in [0.15, 0.2) is 29.8 Å². The monoisotopic (exact) mass is 510 g/mol. The largest absolute Gasteiger partial charge is 0.391 e. The number of amides is 3. The summed E-state index contributed by atoms with van der Waals surface area (Å²) in [5.74, 6) is 1.37. The number of rotatable bonds is 8. The van der Waals surface area contributed by atoms with Crippen molar-refractivity contribution in [2.45, 2.75) is 71.7 Å². The van der Waals surface area contributed by atoms with Crippen LogP contribution in [0.25, 0.3) is 10.4 Å². The van der Waals surface area contributed by atoms with Gasteiger partial charge >= 0.3 is 0 Å². The Labute approximate surface area is 216 Å². The quantitative estimate of drug-likeness (QED) is 0.473. The third kappa shape index (κ3) is 6.71. The summed E-state index contributed by atoms with van der Waals surface area (Å²) in [6.07, 6.45) is 4.96. The summed E-state index contributed by atoms with van der Waals surface area (Å²) < 4.78 is 0. The summed E-state index contributed by atoms with van der Waals surface area (Å²) in [6.45, 7) is 7.83. The molecule has 1 aliphatic rings. The maximum absolute atomic E-state index is 13.5. The van der Waals surface area contributed by atoms with Gasteiger partial charge in [0.25, 0.3) is 0 Å². The molecule has 9 heteroatoms. The lowest BCUT2D eigenvalue weighted by atomic mass is 9.85. The van der Waals surface area contributed by atoms with E-state index < -0.39 is 29.5 Å². The minimum Gasteiger partial charge on any atom is -0.391 e. The predicted molar refractivity (Wildman–Crippen MR) is 140 cm³/mol. The smallest absolute Gasteiger partial charge is 0.246 e. The highest BCUT2D eigenvalue weighted by atomic mass is 32.1. The van der Waals surface area contributed by atoms with Crippen molar-refractivity contribution in [3.05, 3.63) is 41.0 Å². The molecule has 0 radical (unpaired) electrons. The number of hydrogen-bond acceptors (Lipinski definition) is 6. The van der Waals surface area contributed by atoms with E-state index in [1.165, 1.54) is 4.90 Å². The molecule has 3 amide bonds. The van der Waals surface area contributed by atoms with Gasteiger partial charge in [-0.25, -0.2) is 4.98 Å². The molecule has 3 N–H and O–H groups in total. The number of carbonyl (C=O) groups excluding carboxylic acids is 3. The molecule has 8 nitrogen and oxygen atoms in total. The SMILES string of the molecule is C#CCCC(=O)NC(C(=O)N1C[C@H](O)C[C@H]1C(=O)NCc1ccc(-c2scnc2C)cc1)C(C)(C)C. The molecule has 3 rings (SSSR count). The number of hydrogen-bond donors (Lipinski definition) is 3. The molecule has 0 spiro atoms. The van der Waals surface area contributed by atoms with E-state index in [2.05, 4.69) is 21.5 Å². The van der Waals surface area contributed by atoms with E-state index in [0.29, 0.717) is 6.54 Å². The van der Waals surface area contributed by atoms with Crippen LogP contribution in [0.1, 0.15) is 51.3 Å². The number of aliphatic hydroxyl groups excluding tert-OH is 1. The van der Waals surface area contributed by atoms with Crippen molar-refractivity contribution in [3.63, 3.8) is 0 Å². The van der Waals surface area contributed by atoms with Crippen LogP contribution in [0.3, 0.4) is 0 Å². The van der Waals surface area contributed by atoms with E-state index in [1.807, 2.05) is 57.5 Å². The third-order valence-electron chi connectivity index (χ3n) is 6.21. The number of likely N-dealkylation sites (tertiary alicyclic amines) is 1. The average Bonchev–Trinajstić information content (AvgIpc) is 3.44. The Bertz CT molecular complexity index is 1130. The van der Waals surface area contributed by atoms with Crippen LogP contribution in [0, 0.1) is 24.7 Å². The molecular weight excluding hydrogens is 476 g/mol. The number of aliphatic hydroxyl groups is 1.